The minimum absolute atomic E-state index is 0.0332. The molecule has 6 heteroatoms. The third-order valence-electron chi connectivity index (χ3n) is 6.52. The monoisotopic (exact) mass is 435 g/mol. The van der Waals surface area contributed by atoms with E-state index in [1.807, 2.05) is 18.7 Å². The molecule has 1 aromatic carbocycles. The van der Waals surface area contributed by atoms with E-state index in [0.717, 1.165) is 37.6 Å². The molecule has 0 spiro atoms. The van der Waals surface area contributed by atoms with Gasteiger partial charge in [-0.25, -0.2) is 14.8 Å². The van der Waals surface area contributed by atoms with Crippen LogP contribution in [0.1, 0.15) is 73.3 Å². The predicted octanol–water partition coefficient (Wildman–Crippen LogP) is 4.36. The van der Waals surface area contributed by atoms with Crippen molar-refractivity contribution in [2.75, 3.05) is 31.1 Å². The molecule has 2 aliphatic rings. The van der Waals surface area contributed by atoms with Gasteiger partial charge in [-0.3, -0.25) is 0 Å². The topological polar surface area (TPSA) is 61.4 Å². The van der Waals surface area contributed by atoms with Gasteiger partial charge < -0.3 is 15.1 Å². The first-order chi connectivity index (χ1) is 15.4. The van der Waals surface area contributed by atoms with Gasteiger partial charge in [0, 0.05) is 55.8 Å². The van der Waals surface area contributed by atoms with Gasteiger partial charge in [-0.15, -0.1) is 0 Å². The molecule has 1 aliphatic heterocycles. The summed E-state index contributed by atoms with van der Waals surface area (Å²) >= 11 is 0. The molecule has 4 rings (SSSR count). The molecule has 2 amide bonds. The summed E-state index contributed by atoms with van der Waals surface area (Å²) in [7, 11) is 0. The molecule has 0 bridgehead atoms. The molecule has 172 valence electrons. The first kappa shape index (κ1) is 22.6. The molecule has 2 fully saturated rings. The fourth-order valence-corrected chi connectivity index (χ4v) is 4.44. The van der Waals surface area contributed by atoms with E-state index < -0.39 is 0 Å². The Balaban J connectivity index is 1.63. The number of hydrogen-bond acceptors (Lipinski definition) is 4. The van der Waals surface area contributed by atoms with E-state index in [-0.39, 0.29) is 12.1 Å². The van der Waals surface area contributed by atoms with E-state index in [9.17, 15) is 4.79 Å². The van der Waals surface area contributed by atoms with Crippen molar-refractivity contribution in [2.24, 2.45) is 0 Å². The first-order valence-corrected chi connectivity index (χ1v) is 12.1. The SMILES string of the molecule is CCc1nc(C2CC2)nc(N2CCN(C(=O)NC(C)C)CC2)c1Cc1cc(C)ccc1C. The van der Waals surface area contributed by atoms with Crippen molar-refractivity contribution >= 4 is 11.8 Å². The molecular weight excluding hydrogens is 398 g/mol. The van der Waals surface area contributed by atoms with Crippen LogP contribution in [-0.4, -0.2) is 53.1 Å². The van der Waals surface area contributed by atoms with Crippen LogP contribution in [-0.2, 0) is 12.8 Å². The van der Waals surface area contributed by atoms with Gasteiger partial charge in [-0.05, 0) is 58.1 Å². The second-order valence-corrected chi connectivity index (χ2v) is 9.64. The predicted molar refractivity (Wildman–Crippen MR) is 130 cm³/mol. The summed E-state index contributed by atoms with van der Waals surface area (Å²) in [5.74, 6) is 2.62. The maximum absolute atomic E-state index is 12.5. The molecule has 2 heterocycles. The van der Waals surface area contributed by atoms with Crippen LogP contribution in [0.25, 0.3) is 0 Å². The summed E-state index contributed by atoms with van der Waals surface area (Å²) in [5.41, 5.74) is 6.37. The largest absolute Gasteiger partial charge is 0.353 e. The van der Waals surface area contributed by atoms with Gasteiger partial charge in [-0.2, -0.15) is 0 Å². The van der Waals surface area contributed by atoms with Crippen molar-refractivity contribution in [1.29, 1.82) is 0 Å². The van der Waals surface area contributed by atoms with Gasteiger partial charge in [0.1, 0.15) is 11.6 Å². The summed E-state index contributed by atoms with van der Waals surface area (Å²) in [6, 6.07) is 6.86. The fourth-order valence-electron chi connectivity index (χ4n) is 4.44. The number of nitrogens with zero attached hydrogens (tertiary/aromatic N) is 4. The van der Waals surface area contributed by atoms with Crippen molar-refractivity contribution in [3.05, 3.63) is 52.0 Å². The lowest BCUT2D eigenvalue weighted by Crippen LogP contribution is -2.53. The van der Waals surface area contributed by atoms with Crippen LogP contribution in [0.3, 0.4) is 0 Å². The number of carbonyl (C=O) groups is 1. The smallest absolute Gasteiger partial charge is 0.317 e. The normalized spacial score (nSPS) is 16.6. The number of carbonyl (C=O) groups excluding carboxylic acids is 1. The Hall–Kier alpha value is -2.63. The zero-order chi connectivity index (χ0) is 22.8. The molecule has 1 saturated heterocycles. The number of amides is 2. The van der Waals surface area contributed by atoms with Crippen LogP contribution < -0.4 is 10.2 Å². The van der Waals surface area contributed by atoms with Crippen LogP contribution in [0.4, 0.5) is 10.6 Å². The highest BCUT2D eigenvalue weighted by molar-refractivity contribution is 5.74. The minimum Gasteiger partial charge on any atom is -0.353 e. The Morgan fingerprint density at radius 3 is 2.47 bits per heavy atom. The first-order valence-electron chi connectivity index (χ1n) is 12.1. The van der Waals surface area contributed by atoms with Crippen molar-refractivity contribution in [3.63, 3.8) is 0 Å². The number of piperazine rings is 1. The van der Waals surface area contributed by atoms with Gasteiger partial charge in [0.15, 0.2) is 0 Å². The zero-order valence-corrected chi connectivity index (χ0v) is 20.2. The van der Waals surface area contributed by atoms with Crippen molar-refractivity contribution < 1.29 is 4.79 Å². The summed E-state index contributed by atoms with van der Waals surface area (Å²) in [6.45, 7) is 13.6. The van der Waals surface area contributed by atoms with Crippen molar-refractivity contribution in [1.82, 2.24) is 20.2 Å². The minimum atomic E-state index is 0.0332. The molecule has 1 N–H and O–H groups in total. The Labute approximate surface area is 192 Å². The molecule has 0 atom stereocenters. The van der Waals surface area contributed by atoms with E-state index in [1.54, 1.807) is 0 Å². The molecule has 1 saturated carbocycles. The number of hydrogen-bond donors (Lipinski definition) is 1. The van der Waals surface area contributed by atoms with Gasteiger partial charge in [-0.1, -0.05) is 30.7 Å². The maximum Gasteiger partial charge on any atom is 0.317 e. The van der Waals surface area contributed by atoms with E-state index in [0.29, 0.717) is 19.0 Å². The van der Waals surface area contributed by atoms with Crippen molar-refractivity contribution in [3.8, 4) is 0 Å². The second kappa shape index (κ2) is 9.47. The number of anilines is 1. The number of aryl methyl sites for hydroxylation is 3. The molecule has 1 aliphatic carbocycles. The number of benzene rings is 1. The molecule has 1 aromatic heterocycles. The highest BCUT2D eigenvalue weighted by atomic mass is 16.2. The Bertz CT molecular complexity index is 974. The fraction of sp³-hybridized carbons (Fsp3) is 0.577. The second-order valence-electron chi connectivity index (χ2n) is 9.64. The Morgan fingerprint density at radius 2 is 1.84 bits per heavy atom. The lowest BCUT2D eigenvalue weighted by molar-refractivity contribution is 0.191. The van der Waals surface area contributed by atoms with Crippen LogP contribution >= 0.6 is 0 Å². The summed E-state index contributed by atoms with van der Waals surface area (Å²) in [5, 5.41) is 3.02. The summed E-state index contributed by atoms with van der Waals surface area (Å²) in [4.78, 5) is 26.9. The number of urea groups is 1. The molecular formula is C26H37N5O. The van der Waals surface area contributed by atoms with Gasteiger partial charge in [0.05, 0.1) is 0 Å². The lowest BCUT2D eigenvalue weighted by atomic mass is 9.96. The highest BCUT2D eigenvalue weighted by Gasteiger charge is 2.31. The molecule has 2 aromatic rings. The number of nitrogens with one attached hydrogen (secondary N) is 1. The molecule has 6 nitrogen and oxygen atoms in total. The average molecular weight is 436 g/mol. The van der Waals surface area contributed by atoms with Gasteiger partial charge in [0.2, 0.25) is 0 Å². The van der Waals surface area contributed by atoms with E-state index in [1.165, 1.54) is 40.8 Å². The van der Waals surface area contributed by atoms with E-state index in [2.05, 4.69) is 49.2 Å². The third kappa shape index (κ3) is 5.05. The average Bonchev–Trinajstić information content (AvgIpc) is 3.61. The summed E-state index contributed by atoms with van der Waals surface area (Å²) in [6.07, 6.45) is 4.15. The van der Waals surface area contributed by atoms with Crippen LogP contribution in [0.15, 0.2) is 18.2 Å². The van der Waals surface area contributed by atoms with E-state index >= 15 is 0 Å². The third-order valence-corrected chi connectivity index (χ3v) is 6.52. The molecule has 32 heavy (non-hydrogen) atoms. The number of rotatable bonds is 6. The summed E-state index contributed by atoms with van der Waals surface area (Å²) < 4.78 is 0. The van der Waals surface area contributed by atoms with Crippen LogP contribution in [0.2, 0.25) is 0 Å². The lowest BCUT2D eigenvalue weighted by Gasteiger charge is -2.37. The van der Waals surface area contributed by atoms with Crippen LogP contribution in [0.5, 0.6) is 0 Å². The Kier molecular flexibility index (Phi) is 6.68. The Morgan fingerprint density at radius 1 is 1.12 bits per heavy atom. The van der Waals surface area contributed by atoms with E-state index in [4.69, 9.17) is 9.97 Å². The molecule has 0 unspecified atom stereocenters. The van der Waals surface area contributed by atoms with Crippen molar-refractivity contribution in [2.45, 2.75) is 72.3 Å². The van der Waals surface area contributed by atoms with Gasteiger partial charge in [0.25, 0.3) is 0 Å². The maximum atomic E-state index is 12.5. The molecule has 0 radical (unpaired) electrons. The standard InChI is InChI=1S/C26H37N5O/c1-6-23-22(16-21-15-18(4)7-8-19(21)5)25(29-24(28-23)20-9-10-20)30-11-13-31(14-12-30)26(32)27-17(2)3/h7-8,15,17,20H,6,9-14,16H2,1-5H3,(H,27,32). The van der Waals surface area contributed by atoms with Crippen LogP contribution in [0, 0.1) is 13.8 Å². The quantitative estimate of drug-likeness (QED) is 0.732. The number of aromatic nitrogens is 2. The van der Waals surface area contributed by atoms with Gasteiger partial charge >= 0.3 is 6.03 Å². The zero-order valence-electron chi connectivity index (χ0n) is 20.2. The highest BCUT2D eigenvalue weighted by Crippen LogP contribution is 2.40.